The fourth-order valence-corrected chi connectivity index (χ4v) is 4.28. The molecule has 3 heterocycles. The van der Waals surface area contributed by atoms with Gasteiger partial charge >= 0.3 is 5.97 Å². The second kappa shape index (κ2) is 9.51. The zero-order valence-electron chi connectivity index (χ0n) is 18.2. The molecule has 1 aromatic carbocycles. The van der Waals surface area contributed by atoms with Crippen molar-refractivity contribution in [3.63, 3.8) is 0 Å². The lowest BCUT2D eigenvalue weighted by Crippen LogP contribution is -2.22. The maximum Gasteiger partial charge on any atom is 0.358 e. The van der Waals surface area contributed by atoms with Crippen molar-refractivity contribution in [3.8, 4) is 5.82 Å². The second-order valence-corrected chi connectivity index (χ2v) is 8.47. The summed E-state index contributed by atoms with van der Waals surface area (Å²) < 4.78 is 7.04. The number of pyridine rings is 1. The first-order chi connectivity index (χ1) is 15.8. The van der Waals surface area contributed by atoms with E-state index in [1.54, 1.807) is 22.2 Å². The summed E-state index contributed by atoms with van der Waals surface area (Å²) in [6, 6.07) is 14.4. The molecule has 0 N–H and O–H groups in total. The Labute approximate surface area is 199 Å². The maximum atomic E-state index is 12.7. The van der Waals surface area contributed by atoms with Crippen LogP contribution in [0.3, 0.4) is 0 Å². The molecule has 0 radical (unpaired) electrons. The van der Waals surface area contributed by atoms with Crippen molar-refractivity contribution in [1.82, 2.24) is 19.7 Å². The van der Waals surface area contributed by atoms with Gasteiger partial charge in [-0.15, -0.1) is 11.3 Å². The number of thiazole rings is 1. The molecule has 33 heavy (non-hydrogen) atoms. The number of hydrogen-bond acceptors (Lipinski definition) is 7. The van der Waals surface area contributed by atoms with Gasteiger partial charge in [-0.1, -0.05) is 29.8 Å². The van der Waals surface area contributed by atoms with Gasteiger partial charge in [-0.05, 0) is 44.2 Å². The molecule has 0 fully saturated rings. The number of hydrogen-bond donors (Lipinski definition) is 0. The van der Waals surface area contributed by atoms with Gasteiger partial charge in [0.2, 0.25) is 5.91 Å². The van der Waals surface area contributed by atoms with E-state index in [4.69, 9.17) is 16.3 Å². The van der Waals surface area contributed by atoms with Gasteiger partial charge in [0.1, 0.15) is 6.61 Å². The van der Waals surface area contributed by atoms with Crippen LogP contribution in [-0.4, -0.2) is 31.6 Å². The topological polar surface area (TPSA) is 90.2 Å². The van der Waals surface area contributed by atoms with Gasteiger partial charge in [-0.2, -0.15) is 5.10 Å². The number of benzene rings is 1. The maximum absolute atomic E-state index is 12.7. The molecular formula is C23H20ClN5O3S. The fraction of sp³-hybridized carbons (Fsp3) is 0.174. The molecule has 0 bridgehead atoms. The Morgan fingerprint density at radius 1 is 1.12 bits per heavy atom. The first-order valence-corrected chi connectivity index (χ1v) is 11.3. The second-order valence-electron chi connectivity index (χ2n) is 7.23. The van der Waals surface area contributed by atoms with Crippen LogP contribution >= 0.6 is 22.9 Å². The van der Waals surface area contributed by atoms with Crippen LogP contribution in [0.25, 0.3) is 5.82 Å². The molecule has 0 atom stereocenters. The van der Waals surface area contributed by atoms with Crippen molar-refractivity contribution in [1.29, 1.82) is 0 Å². The summed E-state index contributed by atoms with van der Waals surface area (Å²) in [6.45, 7) is 5.16. The minimum absolute atomic E-state index is 0.00757. The molecule has 0 aliphatic carbocycles. The summed E-state index contributed by atoms with van der Waals surface area (Å²) in [5.41, 5.74) is 2.93. The predicted molar refractivity (Wildman–Crippen MR) is 126 cm³/mol. The molecule has 4 aromatic rings. The average Bonchev–Trinajstić information content (AvgIpc) is 3.38. The molecule has 3 aromatic heterocycles. The Morgan fingerprint density at radius 2 is 1.88 bits per heavy atom. The molecule has 0 saturated heterocycles. The highest BCUT2D eigenvalue weighted by Crippen LogP contribution is 2.29. The quantitative estimate of drug-likeness (QED) is 0.358. The highest BCUT2D eigenvalue weighted by molar-refractivity contribution is 7.14. The van der Waals surface area contributed by atoms with Gasteiger partial charge in [-0.3, -0.25) is 9.69 Å². The van der Waals surface area contributed by atoms with Crippen LogP contribution in [0.4, 0.5) is 10.8 Å². The van der Waals surface area contributed by atoms with Crippen LogP contribution in [0.5, 0.6) is 0 Å². The van der Waals surface area contributed by atoms with Crippen molar-refractivity contribution in [2.45, 2.75) is 27.4 Å². The van der Waals surface area contributed by atoms with E-state index in [1.165, 1.54) is 23.2 Å². The zero-order chi connectivity index (χ0) is 23.5. The van der Waals surface area contributed by atoms with Crippen LogP contribution in [-0.2, 0) is 16.1 Å². The summed E-state index contributed by atoms with van der Waals surface area (Å²) in [5.74, 6) is -0.381. The largest absolute Gasteiger partial charge is 0.454 e. The van der Waals surface area contributed by atoms with Gasteiger partial charge < -0.3 is 4.74 Å². The highest BCUT2D eigenvalue weighted by atomic mass is 35.5. The Balaban J connectivity index is 1.50. The number of rotatable bonds is 6. The molecule has 4 rings (SSSR count). The Hall–Kier alpha value is -3.56. The smallest absolute Gasteiger partial charge is 0.358 e. The number of ether oxygens (including phenoxy) is 1. The SMILES string of the molecule is CC(=O)N(c1ccccc1)c1nc(COC(=O)c2nc(-n3nc(C)cc3C)ccc2Cl)cs1. The first-order valence-electron chi connectivity index (χ1n) is 10.0. The minimum atomic E-state index is -0.676. The lowest BCUT2D eigenvalue weighted by atomic mass is 10.3. The van der Waals surface area contributed by atoms with E-state index in [-0.39, 0.29) is 23.2 Å². The molecule has 0 aliphatic rings. The summed E-state index contributed by atoms with van der Waals surface area (Å²) in [4.78, 5) is 35.2. The highest BCUT2D eigenvalue weighted by Gasteiger charge is 2.20. The van der Waals surface area contributed by atoms with Crippen LogP contribution < -0.4 is 4.90 Å². The zero-order valence-corrected chi connectivity index (χ0v) is 19.7. The van der Waals surface area contributed by atoms with E-state index in [0.717, 1.165) is 11.4 Å². The van der Waals surface area contributed by atoms with E-state index in [1.807, 2.05) is 50.2 Å². The van der Waals surface area contributed by atoms with Crippen molar-refractivity contribution in [2.75, 3.05) is 4.90 Å². The van der Waals surface area contributed by atoms with Crippen molar-refractivity contribution in [2.24, 2.45) is 0 Å². The summed E-state index contributed by atoms with van der Waals surface area (Å²) in [6.07, 6.45) is 0. The van der Waals surface area contributed by atoms with Gasteiger partial charge in [0.15, 0.2) is 16.6 Å². The third kappa shape index (κ3) is 4.94. The molecule has 8 nitrogen and oxygen atoms in total. The van der Waals surface area contributed by atoms with E-state index >= 15 is 0 Å². The number of esters is 1. The predicted octanol–water partition coefficient (Wildman–Crippen LogP) is 5.04. The van der Waals surface area contributed by atoms with E-state index in [9.17, 15) is 9.59 Å². The molecular weight excluding hydrogens is 462 g/mol. The van der Waals surface area contributed by atoms with Crippen LogP contribution in [0.15, 0.2) is 53.9 Å². The number of carbonyl (C=O) groups excluding carboxylic acids is 2. The standard InChI is InChI=1S/C23H20ClN5O3S/c1-14-11-15(2)29(27-14)20-10-9-19(24)21(26-20)22(31)32-12-17-13-33-23(25-17)28(16(3)30)18-7-5-4-6-8-18/h4-11,13H,12H2,1-3H3. The first kappa shape index (κ1) is 22.6. The summed E-state index contributed by atoms with van der Waals surface area (Å²) in [7, 11) is 0. The molecule has 1 amide bonds. The number of aromatic nitrogens is 4. The van der Waals surface area contributed by atoms with Crippen LogP contribution in [0.1, 0.15) is 34.5 Å². The van der Waals surface area contributed by atoms with Gasteiger partial charge in [0.05, 0.1) is 22.1 Å². The number of para-hydroxylation sites is 1. The molecule has 0 spiro atoms. The Kier molecular flexibility index (Phi) is 6.52. The van der Waals surface area contributed by atoms with E-state index in [0.29, 0.717) is 22.3 Å². The van der Waals surface area contributed by atoms with Crippen LogP contribution in [0.2, 0.25) is 5.02 Å². The van der Waals surface area contributed by atoms with Crippen molar-refractivity contribution in [3.05, 3.63) is 81.7 Å². The molecule has 10 heteroatoms. The van der Waals surface area contributed by atoms with Crippen molar-refractivity contribution >= 4 is 45.6 Å². The lowest BCUT2D eigenvalue weighted by molar-refractivity contribution is -0.115. The van der Waals surface area contributed by atoms with Gasteiger partial charge in [0, 0.05) is 18.0 Å². The van der Waals surface area contributed by atoms with Crippen LogP contribution in [0, 0.1) is 13.8 Å². The number of halogens is 1. The third-order valence-corrected chi connectivity index (χ3v) is 5.84. The molecule has 0 aliphatic heterocycles. The lowest BCUT2D eigenvalue weighted by Gasteiger charge is -2.17. The number of amides is 1. The summed E-state index contributed by atoms with van der Waals surface area (Å²) >= 11 is 7.49. The molecule has 0 unspecified atom stereocenters. The average molecular weight is 482 g/mol. The number of nitrogens with zero attached hydrogens (tertiary/aromatic N) is 5. The summed E-state index contributed by atoms with van der Waals surface area (Å²) in [5, 5.41) is 6.78. The molecule has 0 saturated carbocycles. The van der Waals surface area contributed by atoms with Gasteiger partial charge in [-0.25, -0.2) is 19.4 Å². The van der Waals surface area contributed by atoms with E-state index < -0.39 is 5.97 Å². The number of aryl methyl sites for hydroxylation is 2. The fourth-order valence-electron chi connectivity index (χ4n) is 3.23. The van der Waals surface area contributed by atoms with Gasteiger partial charge in [0.25, 0.3) is 0 Å². The Bertz CT molecular complexity index is 1320. The third-order valence-electron chi connectivity index (χ3n) is 4.66. The Morgan fingerprint density at radius 3 is 2.55 bits per heavy atom. The number of carbonyl (C=O) groups is 2. The monoisotopic (exact) mass is 481 g/mol. The minimum Gasteiger partial charge on any atom is -0.454 e. The van der Waals surface area contributed by atoms with Crippen molar-refractivity contribution < 1.29 is 14.3 Å². The van der Waals surface area contributed by atoms with E-state index in [2.05, 4.69) is 15.1 Å². The molecule has 168 valence electrons. The normalized spacial score (nSPS) is 10.8. The number of anilines is 2.